The van der Waals surface area contributed by atoms with Crippen molar-refractivity contribution in [2.45, 2.75) is 52.5 Å². The van der Waals surface area contributed by atoms with Crippen molar-refractivity contribution in [1.82, 2.24) is 10.2 Å². The largest absolute Gasteiger partial charge is 0.480 e. The van der Waals surface area contributed by atoms with E-state index in [-0.39, 0.29) is 37.9 Å². The van der Waals surface area contributed by atoms with Crippen LogP contribution in [0.4, 0.5) is 4.79 Å². The van der Waals surface area contributed by atoms with E-state index in [0.717, 1.165) is 22.3 Å². The predicted octanol–water partition coefficient (Wildman–Crippen LogP) is 4.65. The molecule has 0 heterocycles. The molecule has 0 saturated heterocycles. The number of carbonyl (C=O) groups is 3. The Morgan fingerprint density at radius 1 is 0.941 bits per heavy atom. The molecule has 0 fully saturated rings. The molecule has 0 unspecified atom stereocenters. The second-order valence-electron chi connectivity index (χ2n) is 10.6. The first-order valence-electron chi connectivity index (χ1n) is 11.5. The van der Waals surface area contributed by atoms with Gasteiger partial charge >= 0.3 is 12.1 Å². The van der Waals surface area contributed by atoms with Crippen molar-refractivity contribution < 1.29 is 24.2 Å². The quantitative estimate of drug-likeness (QED) is 0.590. The number of hydrogen-bond donors (Lipinski definition) is 2. The number of amides is 2. The van der Waals surface area contributed by atoms with Gasteiger partial charge in [-0.05, 0) is 48.4 Å². The third kappa shape index (κ3) is 5.95. The van der Waals surface area contributed by atoms with E-state index in [0.29, 0.717) is 0 Å². The average molecular weight is 467 g/mol. The van der Waals surface area contributed by atoms with Crippen LogP contribution in [0.3, 0.4) is 0 Å². The highest BCUT2D eigenvalue weighted by atomic mass is 16.5. The summed E-state index contributed by atoms with van der Waals surface area (Å²) < 4.78 is 5.57. The van der Waals surface area contributed by atoms with Gasteiger partial charge in [0, 0.05) is 24.4 Å². The monoisotopic (exact) mass is 466 g/mol. The molecule has 0 aliphatic heterocycles. The van der Waals surface area contributed by atoms with Gasteiger partial charge in [-0.25, -0.2) is 4.79 Å². The smallest absolute Gasteiger partial charge is 0.407 e. The fraction of sp³-hybridized carbons (Fsp3) is 0.444. The van der Waals surface area contributed by atoms with Crippen LogP contribution in [-0.2, 0) is 14.3 Å². The van der Waals surface area contributed by atoms with Crippen molar-refractivity contribution >= 4 is 18.0 Å². The van der Waals surface area contributed by atoms with Crippen LogP contribution in [0, 0.1) is 5.41 Å². The lowest BCUT2D eigenvalue weighted by Gasteiger charge is -2.37. The van der Waals surface area contributed by atoms with Gasteiger partial charge in [-0.2, -0.15) is 0 Å². The molecule has 0 radical (unpaired) electrons. The highest BCUT2D eigenvalue weighted by Crippen LogP contribution is 2.44. The van der Waals surface area contributed by atoms with Crippen LogP contribution in [0.15, 0.2) is 48.5 Å². The summed E-state index contributed by atoms with van der Waals surface area (Å²) in [7, 11) is 0. The minimum Gasteiger partial charge on any atom is -0.480 e. The van der Waals surface area contributed by atoms with Gasteiger partial charge in [0.15, 0.2) is 0 Å². The zero-order valence-corrected chi connectivity index (χ0v) is 20.6. The second-order valence-corrected chi connectivity index (χ2v) is 10.6. The topological polar surface area (TPSA) is 95.9 Å². The Kier molecular flexibility index (Phi) is 7.34. The number of alkyl carbamates (subject to hydrolysis) is 1. The summed E-state index contributed by atoms with van der Waals surface area (Å²) in [6, 6.07) is 16.3. The summed E-state index contributed by atoms with van der Waals surface area (Å²) in [5, 5.41) is 11.9. The normalized spacial score (nSPS) is 13.1. The van der Waals surface area contributed by atoms with Crippen LogP contribution < -0.4 is 5.32 Å². The van der Waals surface area contributed by atoms with Gasteiger partial charge in [0.2, 0.25) is 5.91 Å². The van der Waals surface area contributed by atoms with Gasteiger partial charge in [-0.1, -0.05) is 62.4 Å². The number of nitrogens with one attached hydrogen (secondary N) is 1. The maximum absolute atomic E-state index is 12.8. The van der Waals surface area contributed by atoms with Crippen LogP contribution in [0.1, 0.15) is 58.1 Å². The minimum absolute atomic E-state index is 0.0240. The first-order chi connectivity index (χ1) is 15.9. The lowest BCUT2D eigenvalue weighted by Crippen LogP contribution is -2.50. The number of nitrogens with zero attached hydrogens (tertiary/aromatic N) is 1. The average Bonchev–Trinajstić information content (AvgIpc) is 3.07. The van der Waals surface area contributed by atoms with Gasteiger partial charge in [0.25, 0.3) is 0 Å². The summed E-state index contributed by atoms with van der Waals surface area (Å²) in [5.41, 5.74) is 3.41. The molecular formula is C27H34N2O5. The molecule has 182 valence electrons. The molecule has 0 aromatic heterocycles. The van der Waals surface area contributed by atoms with E-state index in [2.05, 4.69) is 29.6 Å². The zero-order valence-electron chi connectivity index (χ0n) is 20.6. The Balaban J connectivity index is 1.57. The third-order valence-corrected chi connectivity index (χ3v) is 6.09. The fourth-order valence-corrected chi connectivity index (χ4v) is 4.36. The van der Waals surface area contributed by atoms with Crippen molar-refractivity contribution in [3.8, 4) is 11.1 Å². The van der Waals surface area contributed by atoms with Crippen molar-refractivity contribution in [2.24, 2.45) is 5.41 Å². The van der Waals surface area contributed by atoms with E-state index in [9.17, 15) is 19.5 Å². The Morgan fingerprint density at radius 2 is 1.47 bits per heavy atom. The highest BCUT2D eigenvalue weighted by Gasteiger charge is 2.33. The molecular weight excluding hydrogens is 432 g/mol. The van der Waals surface area contributed by atoms with E-state index in [1.807, 2.05) is 38.1 Å². The van der Waals surface area contributed by atoms with E-state index < -0.39 is 23.0 Å². The molecule has 34 heavy (non-hydrogen) atoms. The molecule has 1 aliphatic rings. The third-order valence-electron chi connectivity index (χ3n) is 6.09. The molecule has 2 N–H and O–H groups in total. The molecule has 0 spiro atoms. The van der Waals surface area contributed by atoms with Gasteiger partial charge < -0.3 is 20.1 Å². The maximum Gasteiger partial charge on any atom is 0.407 e. The number of aliphatic carboxylic acids is 1. The highest BCUT2D eigenvalue weighted by molar-refractivity contribution is 5.82. The van der Waals surface area contributed by atoms with Crippen LogP contribution in [-0.4, -0.2) is 53.2 Å². The number of carbonyl (C=O) groups excluding carboxylic acids is 2. The van der Waals surface area contributed by atoms with Gasteiger partial charge in [0.05, 0.1) is 0 Å². The lowest BCUT2D eigenvalue weighted by molar-refractivity contribution is -0.149. The Labute approximate surface area is 201 Å². The number of hydrogen-bond acceptors (Lipinski definition) is 4. The molecule has 2 aromatic rings. The van der Waals surface area contributed by atoms with Gasteiger partial charge in [0.1, 0.15) is 13.2 Å². The zero-order chi connectivity index (χ0) is 25.1. The first-order valence-corrected chi connectivity index (χ1v) is 11.5. The molecule has 0 bridgehead atoms. The Bertz CT molecular complexity index is 1030. The summed E-state index contributed by atoms with van der Waals surface area (Å²) in [6.45, 7) is 9.20. The van der Waals surface area contributed by atoms with Crippen LogP contribution >= 0.6 is 0 Å². The summed E-state index contributed by atoms with van der Waals surface area (Å²) in [6.07, 6.45) is -0.443. The van der Waals surface area contributed by atoms with Crippen LogP contribution in [0.2, 0.25) is 0 Å². The summed E-state index contributed by atoms with van der Waals surface area (Å²) in [5.74, 6) is -1.35. The number of benzene rings is 2. The molecule has 0 atom stereocenters. The number of ether oxygens (including phenoxy) is 1. The Hall–Kier alpha value is -3.35. The lowest BCUT2D eigenvalue weighted by atomic mass is 9.88. The Morgan fingerprint density at radius 3 is 1.97 bits per heavy atom. The van der Waals surface area contributed by atoms with Gasteiger partial charge in [-0.3, -0.25) is 9.59 Å². The van der Waals surface area contributed by atoms with E-state index in [1.54, 1.807) is 20.8 Å². The molecule has 1 aliphatic carbocycles. The number of fused-ring (bicyclic) bond motifs is 3. The predicted molar refractivity (Wildman–Crippen MR) is 131 cm³/mol. The molecule has 3 rings (SSSR count). The van der Waals surface area contributed by atoms with Gasteiger partial charge in [-0.15, -0.1) is 0 Å². The second kappa shape index (κ2) is 9.87. The molecule has 0 saturated carbocycles. The molecule has 7 heteroatoms. The fourth-order valence-electron chi connectivity index (χ4n) is 4.36. The van der Waals surface area contributed by atoms with Crippen molar-refractivity contribution in [3.63, 3.8) is 0 Å². The van der Waals surface area contributed by atoms with E-state index >= 15 is 0 Å². The van der Waals surface area contributed by atoms with Crippen molar-refractivity contribution in [1.29, 1.82) is 0 Å². The molecule has 2 aromatic carbocycles. The number of carboxylic acid groups (broad SMARTS) is 1. The summed E-state index contributed by atoms with van der Waals surface area (Å²) in [4.78, 5) is 37.9. The van der Waals surface area contributed by atoms with Crippen LogP contribution in [0.25, 0.3) is 11.1 Å². The molecule has 2 amide bonds. The minimum atomic E-state index is -1.06. The van der Waals surface area contributed by atoms with Crippen LogP contribution in [0.5, 0.6) is 0 Å². The number of carboxylic acids is 1. The standard InChI is InChI=1S/C27H34N2O5/c1-26(2,3)29(15-24(31)32)23(30)14-27(4,5)17-28-25(33)34-16-22-20-12-8-6-10-18(20)19-11-7-9-13-21(19)22/h6-13,22H,14-17H2,1-5H3,(H,28,33)(H,31,32). The first kappa shape index (κ1) is 25.3. The number of rotatable bonds is 8. The summed E-state index contributed by atoms with van der Waals surface area (Å²) >= 11 is 0. The van der Waals surface area contributed by atoms with E-state index in [4.69, 9.17) is 4.74 Å². The maximum atomic E-state index is 12.8. The SMILES string of the molecule is CC(C)(CNC(=O)OCC1c2ccccc2-c2ccccc21)CC(=O)N(CC(=O)O)C(C)(C)C. The van der Waals surface area contributed by atoms with E-state index in [1.165, 1.54) is 4.90 Å². The van der Waals surface area contributed by atoms with Crippen molar-refractivity contribution in [2.75, 3.05) is 19.7 Å². The van der Waals surface area contributed by atoms with Crippen molar-refractivity contribution in [3.05, 3.63) is 59.7 Å². The molecule has 7 nitrogen and oxygen atoms in total.